The van der Waals surface area contributed by atoms with Gasteiger partial charge in [-0.3, -0.25) is 4.79 Å². The van der Waals surface area contributed by atoms with E-state index in [0.29, 0.717) is 11.1 Å². The number of aryl methyl sites for hydroxylation is 1. The Balaban J connectivity index is 1.57. The molecule has 0 aliphatic heterocycles. The Morgan fingerprint density at radius 3 is 2.11 bits per heavy atom. The Kier molecular flexibility index (Phi) is 4.43. The van der Waals surface area contributed by atoms with Crippen molar-refractivity contribution in [2.24, 2.45) is 28.3 Å². The molecule has 1 amide bonds. The van der Waals surface area contributed by atoms with Crippen LogP contribution in [0, 0.1) is 37.0 Å². The van der Waals surface area contributed by atoms with Gasteiger partial charge >= 0.3 is 0 Å². The highest BCUT2D eigenvalue weighted by molar-refractivity contribution is 7.89. The summed E-state index contributed by atoms with van der Waals surface area (Å²) in [6.45, 7) is 4.31. The summed E-state index contributed by atoms with van der Waals surface area (Å²) in [6.07, 6.45) is 7.87. The molecule has 0 radical (unpaired) electrons. The molecule has 2 N–H and O–H groups in total. The van der Waals surface area contributed by atoms with Gasteiger partial charge in [0.15, 0.2) is 0 Å². The zero-order chi connectivity index (χ0) is 19.6. The molecule has 4 aliphatic carbocycles. The fourth-order valence-corrected chi connectivity index (χ4v) is 7.40. The molecular weight excluding hydrogens is 360 g/mol. The van der Waals surface area contributed by atoms with Gasteiger partial charge < -0.3 is 4.90 Å². The summed E-state index contributed by atoms with van der Waals surface area (Å²) in [4.78, 5) is 15.0. The molecule has 4 fully saturated rings. The van der Waals surface area contributed by atoms with E-state index in [0.717, 1.165) is 29.9 Å². The van der Waals surface area contributed by atoms with Crippen LogP contribution in [0.2, 0.25) is 0 Å². The van der Waals surface area contributed by atoms with Crippen LogP contribution < -0.4 is 5.14 Å². The lowest BCUT2D eigenvalue weighted by molar-refractivity contribution is -0.0629. The third kappa shape index (κ3) is 3.42. The molecule has 1 aromatic carbocycles. The first-order chi connectivity index (χ1) is 12.6. The second-order valence-electron chi connectivity index (χ2n) is 9.54. The average Bonchev–Trinajstić information content (AvgIpc) is 2.53. The molecule has 1 aromatic rings. The van der Waals surface area contributed by atoms with Crippen molar-refractivity contribution in [1.29, 1.82) is 0 Å². The summed E-state index contributed by atoms with van der Waals surface area (Å²) in [5, 5.41) is 5.35. The minimum atomic E-state index is -3.85. The Labute approximate surface area is 162 Å². The van der Waals surface area contributed by atoms with Gasteiger partial charge in [-0.05, 0) is 98.8 Å². The van der Waals surface area contributed by atoms with Crippen molar-refractivity contribution in [2.45, 2.75) is 57.3 Å². The van der Waals surface area contributed by atoms with Crippen LogP contribution in [-0.4, -0.2) is 32.8 Å². The van der Waals surface area contributed by atoms with Gasteiger partial charge in [0.2, 0.25) is 10.0 Å². The predicted molar refractivity (Wildman–Crippen MR) is 105 cm³/mol. The zero-order valence-electron chi connectivity index (χ0n) is 16.5. The van der Waals surface area contributed by atoms with Crippen LogP contribution in [0.15, 0.2) is 17.0 Å². The molecule has 0 atom stereocenters. The molecule has 4 aliphatic rings. The fourth-order valence-electron chi connectivity index (χ4n) is 6.52. The van der Waals surface area contributed by atoms with Crippen LogP contribution in [0.25, 0.3) is 0 Å². The number of benzene rings is 1. The minimum absolute atomic E-state index is 0.0501. The maximum atomic E-state index is 13.1. The quantitative estimate of drug-likeness (QED) is 0.857. The number of sulfonamides is 1. The molecule has 0 unspecified atom stereocenters. The Hall–Kier alpha value is -1.40. The van der Waals surface area contributed by atoms with Crippen molar-refractivity contribution < 1.29 is 13.2 Å². The van der Waals surface area contributed by atoms with Crippen LogP contribution in [0.5, 0.6) is 0 Å². The number of amides is 1. The van der Waals surface area contributed by atoms with Gasteiger partial charge in [0, 0.05) is 19.2 Å². The summed E-state index contributed by atoms with van der Waals surface area (Å²) in [6, 6.07) is 3.22. The van der Waals surface area contributed by atoms with Crippen molar-refractivity contribution in [2.75, 3.05) is 13.6 Å². The van der Waals surface area contributed by atoms with Crippen molar-refractivity contribution in [1.82, 2.24) is 4.90 Å². The lowest BCUT2D eigenvalue weighted by Crippen LogP contribution is -2.51. The molecule has 0 spiro atoms. The number of carbonyl (C=O) groups excluding carboxylic acids is 1. The summed E-state index contributed by atoms with van der Waals surface area (Å²) in [5.41, 5.74) is 2.06. The molecular formula is C21H30N2O3S. The largest absolute Gasteiger partial charge is 0.341 e. The highest BCUT2D eigenvalue weighted by Crippen LogP contribution is 2.60. The second-order valence-corrected chi connectivity index (χ2v) is 11.1. The smallest absolute Gasteiger partial charge is 0.253 e. The number of nitrogens with two attached hydrogens (primary N) is 1. The molecule has 0 saturated heterocycles. The average molecular weight is 391 g/mol. The van der Waals surface area contributed by atoms with E-state index in [4.69, 9.17) is 5.14 Å². The van der Waals surface area contributed by atoms with Gasteiger partial charge in [-0.25, -0.2) is 13.6 Å². The van der Waals surface area contributed by atoms with Gasteiger partial charge in [0.25, 0.3) is 5.91 Å². The summed E-state index contributed by atoms with van der Waals surface area (Å²) >= 11 is 0. The zero-order valence-corrected chi connectivity index (χ0v) is 17.3. The first-order valence-corrected chi connectivity index (χ1v) is 11.5. The molecule has 0 heterocycles. The highest BCUT2D eigenvalue weighted by Gasteiger charge is 2.51. The van der Waals surface area contributed by atoms with Crippen LogP contribution in [0.1, 0.15) is 60.0 Å². The Morgan fingerprint density at radius 1 is 1.11 bits per heavy atom. The van der Waals surface area contributed by atoms with Crippen molar-refractivity contribution >= 4 is 15.9 Å². The van der Waals surface area contributed by atoms with Crippen LogP contribution in [0.4, 0.5) is 0 Å². The van der Waals surface area contributed by atoms with Crippen molar-refractivity contribution in [3.8, 4) is 0 Å². The van der Waals surface area contributed by atoms with Gasteiger partial charge in [0.05, 0.1) is 4.90 Å². The van der Waals surface area contributed by atoms with E-state index in [1.54, 1.807) is 13.0 Å². The van der Waals surface area contributed by atoms with Crippen LogP contribution >= 0.6 is 0 Å². The highest BCUT2D eigenvalue weighted by atomic mass is 32.2. The summed E-state index contributed by atoms with van der Waals surface area (Å²) in [5.74, 6) is 2.42. The molecule has 5 nitrogen and oxygen atoms in total. The number of hydrogen-bond donors (Lipinski definition) is 1. The van der Waals surface area contributed by atoms with Crippen LogP contribution in [-0.2, 0) is 10.0 Å². The number of hydrogen-bond acceptors (Lipinski definition) is 3. The Morgan fingerprint density at radius 2 is 1.63 bits per heavy atom. The van der Waals surface area contributed by atoms with E-state index in [-0.39, 0.29) is 16.2 Å². The molecule has 148 valence electrons. The topological polar surface area (TPSA) is 80.5 Å². The summed E-state index contributed by atoms with van der Waals surface area (Å²) in [7, 11) is -2.00. The van der Waals surface area contributed by atoms with Gasteiger partial charge in [-0.1, -0.05) is 0 Å². The van der Waals surface area contributed by atoms with E-state index in [1.807, 2.05) is 18.9 Å². The number of rotatable bonds is 4. The summed E-state index contributed by atoms with van der Waals surface area (Å²) < 4.78 is 23.8. The molecule has 6 heteroatoms. The monoisotopic (exact) mass is 390 g/mol. The molecule has 4 saturated carbocycles. The molecule has 0 aromatic heterocycles. The van der Waals surface area contributed by atoms with Gasteiger partial charge in [-0.2, -0.15) is 0 Å². The van der Waals surface area contributed by atoms with Gasteiger partial charge in [0.1, 0.15) is 0 Å². The lowest BCUT2D eigenvalue weighted by atomic mass is 9.49. The number of carbonyl (C=O) groups is 1. The van der Waals surface area contributed by atoms with E-state index >= 15 is 0 Å². The van der Waals surface area contributed by atoms with Crippen molar-refractivity contribution in [3.05, 3.63) is 28.8 Å². The van der Waals surface area contributed by atoms with Crippen LogP contribution in [0.3, 0.4) is 0 Å². The molecule has 5 rings (SSSR count). The van der Waals surface area contributed by atoms with E-state index in [2.05, 4.69) is 0 Å². The normalized spacial score (nSPS) is 31.9. The van der Waals surface area contributed by atoms with Crippen molar-refractivity contribution in [3.63, 3.8) is 0 Å². The standard InChI is InChI=1S/C21H30N2O3S/c1-13-4-18(8-19(14(13)2)27(22,25)26)20(24)23(3)12-21-9-15-5-16(10-21)7-17(6-15)11-21/h4,8,15-17H,5-7,9-12H2,1-3H3,(H2,22,25,26). The Bertz CT molecular complexity index is 856. The maximum absolute atomic E-state index is 13.1. The van der Waals surface area contributed by atoms with Gasteiger partial charge in [-0.15, -0.1) is 0 Å². The predicted octanol–water partition coefficient (Wildman–Crippen LogP) is 3.24. The van der Waals surface area contributed by atoms with E-state index < -0.39 is 10.0 Å². The SMILES string of the molecule is Cc1cc(C(=O)N(C)CC23CC4CC(CC(C4)C2)C3)cc(S(N)(=O)=O)c1C. The number of primary sulfonamides is 1. The minimum Gasteiger partial charge on any atom is -0.341 e. The molecule has 27 heavy (non-hydrogen) atoms. The van der Waals surface area contributed by atoms with E-state index in [1.165, 1.54) is 44.6 Å². The first-order valence-electron chi connectivity index (χ1n) is 9.96. The number of nitrogens with zero attached hydrogens (tertiary/aromatic N) is 1. The van der Waals surface area contributed by atoms with E-state index in [9.17, 15) is 13.2 Å². The second kappa shape index (κ2) is 6.31. The maximum Gasteiger partial charge on any atom is 0.253 e. The molecule has 4 bridgehead atoms. The lowest BCUT2D eigenvalue weighted by Gasteiger charge is -2.57. The third-order valence-electron chi connectivity index (χ3n) is 7.26. The first kappa shape index (κ1) is 18.9. The third-order valence-corrected chi connectivity index (χ3v) is 8.29. The fraction of sp³-hybridized carbons (Fsp3) is 0.667.